The molecular weight excluding hydrogens is 243 g/mol. The SMILES string of the molecule is C=CCOP(O)(O)=S.[Mo]. The number of hydrogen-bond acceptors (Lipinski definition) is 2. The Kier molecular flexibility index (Phi) is 8.02. The Hall–Kier alpha value is 0.958. The standard InChI is InChI=1S/C3H7O3PS.Mo/c1-2-3-6-7(4,5)8;/h2H,1,3H2,(H2,4,5,8);. The fourth-order valence-corrected chi connectivity index (χ4v) is 0.632. The molecule has 3 nitrogen and oxygen atoms in total. The molecule has 0 aliphatic rings. The topological polar surface area (TPSA) is 49.7 Å². The van der Waals surface area contributed by atoms with Crippen LogP contribution in [0.25, 0.3) is 0 Å². The van der Waals surface area contributed by atoms with Crippen LogP contribution in [0.2, 0.25) is 0 Å². The molecule has 0 heterocycles. The molecule has 0 aromatic heterocycles. The summed E-state index contributed by atoms with van der Waals surface area (Å²) >= 11 is 4.10. The van der Waals surface area contributed by atoms with Crippen LogP contribution in [0.3, 0.4) is 0 Å². The van der Waals surface area contributed by atoms with E-state index in [1.165, 1.54) is 6.08 Å². The minimum absolute atomic E-state index is 0. The van der Waals surface area contributed by atoms with Crippen molar-refractivity contribution in [2.45, 2.75) is 0 Å². The van der Waals surface area contributed by atoms with E-state index in [9.17, 15) is 0 Å². The quantitative estimate of drug-likeness (QED) is 0.432. The predicted molar refractivity (Wildman–Crippen MR) is 34.9 cm³/mol. The van der Waals surface area contributed by atoms with Crippen molar-refractivity contribution in [2.24, 2.45) is 0 Å². The molecule has 0 saturated carbocycles. The maximum atomic E-state index is 8.36. The minimum Gasteiger partial charge on any atom is -0.325 e. The Morgan fingerprint density at radius 2 is 2.11 bits per heavy atom. The van der Waals surface area contributed by atoms with Crippen molar-refractivity contribution in [2.75, 3.05) is 6.61 Å². The normalized spacial score (nSPS) is 10.0. The first-order chi connectivity index (χ1) is 3.56. The summed E-state index contributed by atoms with van der Waals surface area (Å²) in [7, 11) is 0. The summed E-state index contributed by atoms with van der Waals surface area (Å²) in [6.07, 6.45) is 1.40. The Morgan fingerprint density at radius 1 is 1.67 bits per heavy atom. The molecule has 0 aromatic carbocycles. The Morgan fingerprint density at radius 3 is 2.22 bits per heavy atom. The summed E-state index contributed by atoms with van der Waals surface area (Å²) < 4.78 is 4.30. The molecular formula is C3H7MoO3PS. The zero-order chi connectivity index (χ0) is 6.62. The molecule has 0 fully saturated rings. The summed E-state index contributed by atoms with van der Waals surface area (Å²) in [5, 5.41) is 0. The zero-order valence-corrected chi connectivity index (χ0v) is 8.28. The van der Waals surface area contributed by atoms with Crippen molar-refractivity contribution in [1.82, 2.24) is 0 Å². The van der Waals surface area contributed by atoms with Gasteiger partial charge in [0, 0.05) is 21.1 Å². The van der Waals surface area contributed by atoms with Crippen LogP contribution >= 0.6 is 6.72 Å². The third-order valence-electron chi connectivity index (χ3n) is 0.361. The maximum absolute atomic E-state index is 8.36. The summed E-state index contributed by atoms with van der Waals surface area (Å²) in [6, 6.07) is 0. The van der Waals surface area contributed by atoms with E-state index in [0.717, 1.165) is 0 Å². The second-order valence-corrected chi connectivity index (χ2v) is 3.74. The zero-order valence-electron chi connectivity index (χ0n) is 4.56. The largest absolute Gasteiger partial charge is 0.325 e. The van der Waals surface area contributed by atoms with E-state index in [1.807, 2.05) is 0 Å². The molecule has 0 rings (SSSR count). The molecule has 0 amide bonds. The summed E-state index contributed by atoms with van der Waals surface area (Å²) in [4.78, 5) is 16.7. The molecule has 0 saturated heterocycles. The van der Waals surface area contributed by atoms with Gasteiger partial charge in [0.05, 0.1) is 6.61 Å². The third-order valence-corrected chi connectivity index (χ3v) is 1.16. The van der Waals surface area contributed by atoms with E-state index in [2.05, 4.69) is 22.9 Å². The first-order valence-corrected chi connectivity index (χ1v) is 4.50. The van der Waals surface area contributed by atoms with E-state index in [1.54, 1.807) is 0 Å². The first-order valence-electron chi connectivity index (χ1n) is 1.87. The van der Waals surface area contributed by atoms with Crippen LogP contribution in [-0.4, -0.2) is 16.4 Å². The summed E-state index contributed by atoms with van der Waals surface area (Å²) in [5.74, 6) is 0. The van der Waals surface area contributed by atoms with Crippen LogP contribution in [0.5, 0.6) is 0 Å². The van der Waals surface area contributed by atoms with Crippen LogP contribution in [0.15, 0.2) is 12.7 Å². The van der Waals surface area contributed by atoms with Crippen LogP contribution in [-0.2, 0) is 37.4 Å². The smallest absolute Gasteiger partial charge is 0.322 e. The molecule has 0 spiro atoms. The molecule has 6 heteroatoms. The maximum Gasteiger partial charge on any atom is 0.322 e. The summed E-state index contributed by atoms with van der Waals surface area (Å²) in [6.45, 7) is -0.0446. The van der Waals surface area contributed by atoms with Gasteiger partial charge in [-0.15, -0.1) is 6.58 Å². The van der Waals surface area contributed by atoms with E-state index < -0.39 is 6.72 Å². The molecule has 0 atom stereocenters. The monoisotopic (exact) mass is 252 g/mol. The number of hydrogen-bond donors (Lipinski definition) is 2. The average Bonchev–Trinajstić information content (AvgIpc) is 1.59. The van der Waals surface area contributed by atoms with Gasteiger partial charge in [-0.2, -0.15) is 0 Å². The van der Waals surface area contributed by atoms with Gasteiger partial charge in [-0.1, -0.05) is 6.08 Å². The van der Waals surface area contributed by atoms with Gasteiger partial charge < -0.3 is 14.3 Å². The van der Waals surface area contributed by atoms with Crippen LogP contribution in [0.1, 0.15) is 0 Å². The molecule has 0 radical (unpaired) electrons. The van der Waals surface area contributed by atoms with Crippen molar-refractivity contribution in [1.29, 1.82) is 0 Å². The molecule has 0 aromatic rings. The molecule has 2 N–H and O–H groups in total. The second-order valence-electron chi connectivity index (χ2n) is 1.08. The van der Waals surface area contributed by atoms with Gasteiger partial charge >= 0.3 is 6.72 Å². The van der Waals surface area contributed by atoms with Gasteiger partial charge in [-0.25, -0.2) is 0 Å². The van der Waals surface area contributed by atoms with Crippen LogP contribution in [0, 0.1) is 0 Å². The van der Waals surface area contributed by atoms with Crippen LogP contribution in [0.4, 0.5) is 0 Å². The fraction of sp³-hybridized carbons (Fsp3) is 0.333. The van der Waals surface area contributed by atoms with Gasteiger partial charge in [-0.3, -0.25) is 0 Å². The van der Waals surface area contributed by atoms with Gasteiger partial charge in [-0.05, 0) is 11.8 Å². The van der Waals surface area contributed by atoms with Crippen molar-refractivity contribution in [3.8, 4) is 0 Å². The van der Waals surface area contributed by atoms with E-state index in [4.69, 9.17) is 9.79 Å². The molecule has 54 valence electrons. The second kappa shape index (κ2) is 5.72. The van der Waals surface area contributed by atoms with Crippen molar-refractivity contribution >= 4 is 18.5 Å². The summed E-state index contributed by atoms with van der Waals surface area (Å²) in [5.41, 5.74) is 0. The molecule has 9 heavy (non-hydrogen) atoms. The molecule has 0 bridgehead atoms. The predicted octanol–water partition coefficient (Wildman–Crippen LogP) is 0.396. The van der Waals surface area contributed by atoms with Gasteiger partial charge in [0.1, 0.15) is 0 Å². The first kappa shape index (κ1) is 12.6. The van der Waals surface area contributed by atoms with Gasteiger partial charge in [0.25, 0.3) is 0 Å². The minimum atomic E-state index is -3.42. The van der Waals surface area contributed by atoms with E-state index in [-0.39, 0.29) is 27.7 Å². The molecule has 0 aliphatic carbocycles. The fourth-order valence-electron chi connectivity index (χ4n) is 0.150. The van der Waals surface area contributed by atoms with Gasteiger partial charge in [0.2, 0.25) is 0 Å². The van der Waals surface area contributed by atoms with Crippen LogP contribution < -0.4 is 0 Å². The van der Waals surface area contributed by atoms with Crippen molar-refractivity contribution < 1.29 is 35.4 Å². The van der Waals surface area contributed by atoms with E-state index >= 15 is 0 Å². The van der Waals surface area contributed by atoms with Gasteiger partial charge in [0.15, 0.2) is 0 Å². The Balaban J connectivity index is 0. The van der Waals surface area contributed by atoms with Crippen molar-refractivity contribution in [3.63, 3.8) is 0 Å². The Labute approximate surface area is 73.2 Å². The molecule has 0 aliphatic heterocycles. The average molecular weight is 250 g/mol. The molecule has 0 unspecified atom stereocenters. The van der Waals surface area contributed by atoms with Crippen molar-refractivity contribution in [3.05, 3.63) is 12.7 Å². The van der Waals surface area contributed by atoms with E-state index in [0.29, 0.717) is 0 Å². The number of rotatable bonds is 3. The third kappa shape index (κ3) is 12.2. The Bertz CT molecular complexity index is 122.